The molecule has 1 atom stereocenters. The smallest absolute Gasteiger partial charge is 0.244 e. The Bertz CT molecular complexity index is 392. The van der Waals surface area contributed by atoms with Gasteiger partial charge in [-0.05, 0) is 12.5 Å². The average Bonchev–Trinajstić information content (AvgIpc) is 2.35. The first-order valence-corrected chi connectivity index (χ1v) is 5.44. The van der Waals surface area contributed by atoms with Crippen molar-refractivity contribution in [2.75, 3.05) is 13.1 Å². The van der Waals surface area contributed by atoms with Gasteiger partial charge in [0, 0.05) is 6.54 Å². The Balaban J connectivity index is 2.77. The molecule has 4 N–H and O–H groups in total. The van der Waals surface area contributed by atoms with E-state index < -0.39 is 11.9 Å². The highest BCUT2D eigenvalue weighted by Gasteiger charge is 2.22. The van der Waals surface area contributed by atoms with E-state index in [-0.39, 0.29) is 12.5 Å². The van der Waals surface area contributed by atoms with Crippen LogP contribution >= 0.6 is 0 Å². The molecule has 0 saturated heterocycles. The second kappa shape index (κ2) is 6.00. The van der Waals surface area contributed by atoms with Gasteiger partial charge in [-0.15, -0.1) is 0 Å². The lowest BCUT2D eigenvalue weighted by Gasteiger charge is -2.23. The second-order valence-corrected chi connectivity index (χ2v) is 3.71. The summed E-state index contributed by atoms with van der Waals surface area (Å²) in [5.74, 6) is -0.835. The standard InChI is InChI=1S/C12H17N3O2/c1-2-15(8-10(13)16)12(17)11(14)9-6-4-3-5-7-9/h3-7,11H,2,8,14H2,1H3,(H2,13,16)/t11-/m1/s1. The summed E-state index contributed by atoms with van der Waals surface area (Å²) in [6.07, 6.45) is 0. The molecule has 0 aliphatic carbocycles. The van der Waals surface area contributed by atoms with Gasteiger partial charge in [0.15, 0.2) is 0 Å². The second-order valence-electron chi connectivity index (χ2n) is 3.71. The van der Waals surface area contributed by atoms with E-state index in [1.807, 2.05) is 18.2 Å². The van der Waals surface area contributed by atoms with E-state index in [2.05, 4.69) is 0 Å². The van der Waals surface area contributed by atoms with Crippen molar-refractivity contribution < 1.29 is 9.59 Å². The number of amides is 2. The predicted octanol–water partition coefficient (Wildman–Crippen LogP) is 0.0202. The zero-order valence-corrected chi connectivity index (χ0v) is 9.80. The first-order chi connectivity index (χ1) is 8.06. The zero-order valence-electron chi connectivity index (χ0n) is 9.80. The average molecular weight is 235 g/mol. The lowest BCUT2D eigenvalue weighted by molar-refractivity contribution is -0.136. The fourth-order valence-corrected chi connectivity index (χ4v) is 1.53. The van der Waals surface area contributed by atoms with Crippen LogP contribution in [0.25, 0.3) is 0 Å². The number of nitrogens with two attached hydrogens (primary N) is 2. The van der Waals surface area contributed by atoms with E-state index in [9.17, 15) is 9.59 Å². The molecular formula is C12H17N3O2. The van der Waals surface area contributed by atoms with Gasteiger partial charge < -0.3 is 16.4 Å². The summed E-state index contributed by atoms with van der Waals surface area (Å²) in [5.41, 5.74) is 11.6. The van der Waals surface area contributed by atoms with E-state index in [0.29, 0.717) is 6.54 Å². The number of likely N-dealkylation sites (N-methyl/N-ethyl adjacent to an activating group) is 1. The molecule has 1 aromatic rings. The molecule has 0 saturated carbocycles. The minimum Gasteiger partial charge on any atom is -0.368 e. The molecule has 0 bridgehead atoms. The van der Waals surface area contributed by atoms with Crippen LogP contribution in [0.3, 0.4) is 0 Å². The van der Waals surface area contributed by atoms with Crippen LogP contribution < -0.4 is 11.5 Å². The van der Waals surface area contributed by atoms with Gasteiger partial charge in [0.25, 0.3) is 0 Å². The summed E-state index contributed by atoms with van der Waals surface area (Å²) < 4.78 is 0. The van der Waals surface area contributed by atoms with E-state index >= 15 is 0 Å². The largest absolute Gasteiger partial charge is 0.368 e. The van der Waals surface area contributed by atoms with Crippen molar-refractivity contribution in [3.63, 3.8) is 0 Å². The maximum Gasteiger partial charge on any atom is 0.244 e. The number of hydrogen-bond acceptors (Lipinski definition) is 3. The third-order valence-electron chi connectivity index (χ3n) is 2.46. The van der Waals surface area contributed by atoms with Crippen molar-refractivity contribution in [1.82, 2.24) is 4.90 Å². The molecule has 0 aliphatic heterocycles. The summed E-state index contributed by atoms with van der Waals surface area (Å²) in [6.45, 7) is 2.08. The highest BCUT2D eigenvalue weighted by atomic mass is 16.2. The van der Waals surface area contributed by atoms with Crippen molar-refractivity contribution >= 4 is 11.8 Å². The van der Waals surface area contributed by atoms with Crippen LogP contribution in [-0.4, -0.2) is 29.8 Å². The minimum absolute atomic E-state index is 0.101. The Morgan fingerprint density at radius 3 is 2.35 bits per heavy atom. The number of primary amides is 1. The summed E-state index contributed by atoms with van der Waals surface area (Å²) >= 11 is 0. The summed E-state index contributed by atoms with van der Waals surface area (Å²) in [4.78, 5) is 24.2. The zero-order chi connectivity index (χ0) is 12.8. The third kappa shape index (κ3) is 3.57. The van der Waals surface area contributed by atoms with Gasteiger partial charge >= 0.3 is 0 Å². The Kier molecular flexibility index (Phi) is 4.66. The van der Waals surface area contributed by atoms with Crippen molar-refractivity contribution in [3.8, 4) is 0 Å². The van der Waals surface area contributed by atoms with Crippen LogP contribution in [0.1, 0.15) is 18.5 Å². The number of nitrogens with zero attached hydrogens (tertiary/aromatic N) is 1. The molecule has 0 unspecified atom stereocenters. The maximum absolute atomic E-state index is 12.0. The van der Waals surface area contributed by atoms with Gasteiger partial charge in [-0.3, -0.25) is 9.59 Å². The molecule has 5 nitrogen and oxygen atoms in total. The molecule has 1 aromatic carbocycles. The van der Waals surface area contributed by atoms with Crippen LogP contribution in [-0.2, 0) is 9.59 Å². The normalized spacial score (nSPS) is 11.9. The number of hydrogen-bond donors (Lipinski definition) is 2. The van der Waals surface area contributed by atoms with Gasteiger partial charge in [0.1, 0.15) is 6.04 Å². The van der Waals surface area contributed by atoms with Gasteiger partial charge in [0.2, 0.25) is 11.8 Å². The number of carbonyl (C=O) groups excluding carboxylic acids is 2. The first-order valence-electron chi connectivity index (χ1n) is 5.44. The fraction of sp³-hybridized carbons (Fsp3) is 0.333. The van der Waals surface area contributed by atoms with E-state index in [0.717, 1.165) is 5.56 Å². The predicted molar refractivity (Wildman–Crippen MR) is 64.8 cm³/mol. The van der Waals surface area contributed by atoms with Gasteiger partial charge in [0.05, 0.1) is 6.54 Å². The van der Waals surface area contributed by atoms with Crippen molar-refractivity contribution in [3.05, 3.63) is 35.9 Å². The summed E-state index contributed by atoms with van der Waals surface area (Å²) in [7, 11) is 0. The molecule has 0 spiro atoms. The van der Waals surface area contributed by atoms with Crippen LogP contribution in [0.2, 0.25) is 0 Å². The van der Waals surface area contributed by atoms with Crippen molar-refractivity contribution in [2.24, 2.45) is 11.5 Å². The molecule has 17 heavy (non-hydrogen) atoms. The SMILES string of the molecule is CCN(CC(N)=O)C(=O)[C@H](N)c1ccccc1. The molecule has 0 radical (unpaired) electrons. The first kappa shape index (κ1) is 13.2. The highest BCUT2D eigenvalue weighted by Crippen LogP contribution is 2.12. The quantitative estimate of drug-likeness (QED) is 0.754. The van der Waals surface area contributed by atoms with Crippen molar-refractivity contribution in [2.45, 2.75) is 13.0 Å². The Labute approximate surface area is 100 Å². The van der Waals surface area contributed by atoms with E-state index in [4.69, 9.17) is 11.5 Å². The van der Waals surface area contributed by atoms with Gasteiger partial charge in [-0.1, -0.05) is 30.3 Å². The topological polar surface area (TPSA) is 89.4 Å². The van der Waals surface area contributed by atoms with E-state index in [1.54, 1.807) is 19.1 Å². The van der Waals surface area contributed by atoms with E-state index in [1.165, 1.54) is 4.90 Å². The minimum atomic E-state index is -0.754. The molecule has 0 aliphatic rings. The lowest BCUT2D eigenvalue weighted by Crippen LogP contribution is -2.43. The van der Waals surface area contributed by atoms with Crippen LogP contribution in [0, 0.1) is 0 Å². The Hall–Kier alpha value is -1.88. The van der Waals surface area contributed by atoms with Gasteiger partial charge in [-0.25, -0.2) is 0 Å². The summed E-state index contributed by atoms with van der Waals surface area (Å²) in [5, 5.41) is 0. The molecule has 2 amide bonds. The Morgan fingerprint density at radius 1 is 1.29 bits per heavy atom. The maximum atomic E-state index is 12.0. The molecule has 0 fully saturated rings. The molecule has 92 valence electrons. The van der Waals surface area contributed by atoms with Crippen LogP contribution in [0.5, 0.6) is 0 Å². The highest BCUT2D eigenvalue weighted by molar-refractivity contribution is 5.87. The van der Waals surface area contributed by atoms with Crippen LogP contribution in [0.4, 0.5) is 0 Å². The van der Waals surface area contributed by atoms with Crippen LogP contribution in [0.15, 0.2) is 30.3 Å². The summed E-state index contributed by atoms with van der Waals surface area (Å²) in [6, 6.07) is 8.28. The Morgan fingerprint density at radius 2 is 1.88 bits per heavy atom. The molecule has 1 rings (SSSR count). The number of rotatable bonds is 5. The molecule has 5 heteroatoms. The van der Waals surface area contributed by atoms with Crippen molar-refractivity contribution in [1.29, 1.82) is 0 Å². The molecule has 0 aromatic heterocycles. The monoisotopic (exact) mass is 235 g/mol. The third-order valence-corrected chi connectivity index (χ3v) is 2.46. The number of benzene rings is 1. The van der Waals surface area contributed by atoms with Gasteiger partial charge in [-0.2, -0.15) is 0 Å². The fourth-order valence-electron chi connectivity index (χ4n) is 1.53. The lowest BCUT2D eigenvalue weighted by atomic mass is 10.1. The molecular weight excluding hydrogens is 218 g/mol. The molecule has 0 heterocycles. The number of carbonyl (C=O) groups is 2.